The van der Waals surface area contributed by atoms with Gasteiger partial charge < -0.3 is 10.2 Å². The molecule has 3 aromatic heterocycles. The number of H-pyrrole nitrogens is 1. The van der Waals surface area contributed by atoms with Crippen LogP contribution in [-0.4, -0.2) is 68.4 Å². The maximum atomic E-state index is 14.9. The number of halogens is 2. The number of anilines is 3. The molecule has 8 nitrogen and oxygen atoms in total. The highest BCUT2D eigenvalue weighted by Gasteiger charge is 2.30. The predicted octanol–water partition coefficient (Wildman–Crippen LogP) is 5.51. The van der Waals surface area contributed by atoms with Crippen molar-refractivity contribution in [3.05, 3.63) is 53.6 Å². The summed E-state index contributed by atoms with van der Waals surface area (Å²) in [6.07, 6.45) is 0. The van der Waals surface area contributed by atoms with Gasteiger partial charge in [-0.15, -0.1) is 0 Å². The highest BCUT2D eigenvalue weighted by atomic mass is 32.2. The van der Waals surface area contributed by atoms with Crippen LogP contribution in [-0.2, 0) is 0 Å². The van der Waals surface area contributed by atoms with E-state index in [0.717, 1.165) is 35.7 Å². The first-order valence-corrected chi connectivity index (χ1v) is 13.0. The van der Waals surface area contributed by atoms with Crippen LogP contribution in [0.3, 0.4) is 0 Å². The van der Waals surface area contributed by atoms with Crippen molar-refractivity contribution in [3.8, 4) is 0 Å². The molecule has 1 aromatic carbocycles. The maximum Gasteiger partial charge on any atom is 0.196 e. The molecule has 0 unspecified atom stereocenters. The Balaban J connectivity index is 0.00000336. The number of fused-ring (bicyclic) bond motifs is 1. The van der Waals surface area contributed by atoms with Gasteiger partial charge in [0.15, 0.2) is 16.8 Å². The van der Waals surface area contributed by atoms with Gasteiger partial charge in [0.05, 0.1) is 0 Å². The molecule has 4 heterocycles. The zero-order chi connectivity index (χ0) is 26.2. The molecule has 0 atom stereocenters. The summed E-state index contributed by atoms with van der Waals surface area (Å²) in [7, 11) is 0. The second-order valence-corrected chi connectivity index (χ2v) is 10.9. The van der Waals surface area contributed by atoms with E-state index in [4.69, 9.17) is 4.98 Å². The summed E-state index contributed by atoms with van der Waals surface area (Å²) < 4.78 is 28.4. The number of pyridine rings is 1. The highest BCUT2D eigenvalue weighted by Crippen LogP contribution is 2.32. The second-order valence-electron chi connectivity index (χ2n) is 9.91. The van der Waals surface area contributed by atoms with Crippen LogP contribution in [0.5, 0.6) is 0 Å². The Labute approximate surface area is 220 Å². The number of aromatic amines is 1. The van der Waals surface area contributed by atoms with Crippen molar-refractivity contribution in [3.63, 3.8) is 0 Å². The van der Waals surface area contributed by atoms with E-state index in [1.54, 1.807) is 0 Å². The van der Waals surface area contributed by atoms with E-state index in [1.165, 1.54) is 17.8 Å². The van der Waals surface area contributed by atoms with Crippen molar-refractivity contribution in [2.75, 3.05) is 43.1 Å². The maximum absolute atomic E-state index is 14.9. The lowest BCUT2D eigenvalue weighted by Crippen LogP contribution is -2.55. The van der Waals surface area contributed by atoms with Crippen LogP contribution in [0, 0.1) is 19.7 Å². The van der Waals surface area contributed by atoms with Gasteiger partial charge in [0.1, 0.15) is 23.8 Å². The summed E-state index contributed by atoms with van der Waals surface area (Å²) in [6, 6.07) is 10.9. The van der Waals surface area contributed by atoms with Gasteiger partial charge in [0, 0.05) is 66.9 Å². The van der Waals surface area contributed by atoms with Crippen LogP contribution in [0.2, 0.25) is 0 Å². The third-order valence-electron chi connectivity index (χ3n) is 6.51. The SMILES string of the molecule is Cc1ccc2cc(Sc3nc(Nc4cc(C)[nH]n4)cc(N4CCN(C(C)(C)CF)CC4)n3)cc(F)c2n1.[HH]. The molecule has 0 aliphatic carbocycles. The molecule has 1 fully saturated rings. The van der Waals surface area contributed by atoms with E-state index in [1.807, 2.05) is 58.0 Å². The molecule has 0 spiro atoms. The Bertz CT molecular complexity index is 1420. The summed E-state index contributed by atoms with van der Waals surface area (Å²) in [4.78, 5) is 18.8. The Morgan fingerprint density at radius 1 is 1.03 bits per heavy atom. The fraction of sp³-hybridized carbons (Fsp3) is 0.385. The molecule has 11 heteroatoms. The minimum absolute atomic E-state index is 0. The van der Waals surface area contributed by atoms with Gasteiger partial charge >= 0.3 is 0 Å². The van der Waals surface area contributed by atoms with Gasteiger partial charge in [0.2, 0.25) is 0 Å². The molecule has 5 rings (SSSR count). The lowest BCUT2D eigenvalue weighted by Gasteiger charge is -2.43. The molecular weight excluding hydrogens is 494 g/mol. The van der Waals surface area contributed by atoms with E-state index >= 15 is 0 Å². The number of piperazine rings is 1. The fourth-order valence-corrected chi connectivity index (χ4v) is 5.19. The van der Waals surface area contributed by atoms with Crippen LogP contribution in [0.25, 0.3) is 10.9 Å². The first-order chi connectivity index (χ1) is 17.7. The molecule has 196 valence electrons. The lowest BCUT2D eigenvalue weighted by molar-refractivity contribution is 0.0859. The number of aromatic nitrogens is 5. The summed E-state index contributed by atoms with van der Waals surface area (Å²) in [5, 5.41) is 11.6. The van der Waals surface area contributed by atoms with Crippen molar-refractivity contribution in [1.29, 1.82) is 0 Å². The van der Waals surface area contributed by atoms with E-state index in [9.17, 15) is 8.78 Å². The zero-order valence-electron chi connectivity index (χ0n) is 21.3. The third-order valence-corrected chi connectivity index (χ3v) is 7.35. The molecule has 0 bridgehead atoms. The van der Waals surface area contributed by atoms with Crippen molar-refractivity contribution in [2.45, 2.75) is 43.3 Å². The molecule has 4 aromatic rings. The quantitative estimate of drug-likeness (QED) is 0.305. The van der Waals surface area contributed by atoms with Gasteiger partial charge in [-0.25, -0.2) is 18.7 Å². The van der Waals surface area contributed by atoms with E-state index in [2.05, 4.69) is 35.3 Å². The molecule has 2 N–H and O–H groups in total. The summed E-state index contributed by atoms with van der Waals surface area (Å²) in [5.41, 5.74) is 1.55. The number of nitrogens with one attached hydrogen (secondary N) is 2. The molecule has 0 radical (unpaired) electrons. The first-order valence-electron chi connectivity index (χ1n) is 12.2. The summed E-state index contributed by atoms with van der Waals surface area (Å²) in [5.74, 6) is 1.61. The second kappa shape index (κ2) is 10.2. The highest BCUT2D eigenvalue weighted by molar-refractivity contribution is 7.99. The van der Waals surface area contributed by atoms with Crippen LogP contribution in [0.4, 0.5) is 26.2 Å². The standard InChI is InChI=1S/C26H30F2N8S.H2/c1-16-5-6-18-12-19(13-20(28)24(18)29-16)37-25-31-21(30-22-11-17(2)33-34-22)14-23(32-25)35-7-9-36(10-8-35)26(3,4)15-27;/h5-6,11-14H,7-10,15H2,1-4H3,(H2,30,31,32,33,34);1H. The van der Waals surface area contributed by atoms with Crippen LogP contribution < -0.4 is 10.2 Å². The fourth-order valence-electron chi connectivity index (χ4n) is 4.35. The molecule has 1 aliphatic heterocycles. The smallest absolute Gasteiger partial charge is 0.196 e. The van der Waals surface area contributed by atoms with Gasteiger partial charge in [-0.1, -0.05) is 6.07 Å². The lowest BCUT2D eigenvalue weighted by atomic mass is 10.0. The Morgan fingerprint density at radius 2 is 1.81 bits per heavy atom. The third kappa shape index (κ3) is 5.67. The van der Waals surface area contributed by atoms with Crippen LogP contribution in [0.15, 0.2) is 46.5 Å². The number of benzene rings is 1. The summed E-state index contributed by atoms with van der Waals surface area (Å²) in [6.45, 7) is 10.1. The average molecular weight is 527 g/mol. The Morgan fingerprint density at radius 3 is 2.51 bits per heavy atom. The minimum Gasteiger partial charge on any atom is -0.354 e. The average Bonchev–Trinajstić information content (AvgIpc) is 3.28. The minimum atomic E-state index is -0.489. The number of hydrogen-bond acceptors (Lipinski definition) is 8. The molecule has 1 aliphatic rings. The van der Waals surface area contributed by atoms with Crippen molar-refractivity contribution < 1.29 is 10.2 Å². The van der Waals surface area contributed by atoms with E-state index in [-0.39, 0.29) is 7.24 Å². The number of rotatable bonds is 7. The van der Waals surface area contributed by atoms with E-state index < -0.39 is 12.2 Å². The largest absolute Gasteiger partial charge is 0.354 e. The number of aryl methyl sites for hydroxylation is 2. The molecular formula is C26H32F2N8S. The zero-order valence-corrected chi connectivity index (χ0v) is 22.2. The Hall–Kier alpha value is -3.31. The van der Waals surface area contributed by atoms with Crippen LogP contribution in [0.1, 0.15) is 26.7 Å². The van der Waals surface area contributed by atoms with Gasteiger partial charge in [-0.05, 0) is 57.7 Å². The predicted molar refractivity (Wildman–Crippen MR) is 145 cm³/mol. The number of alkyl halides is 1. The van der Waals surface area contributed by atoms with Crippen LogP contribution >= 0.6 is 11.8 Å². The summed E-state index contributed by atoms with van der Waals surface area (Å²) >= 11 is 1.29. The van der Waals surface area contributed by atoms with Gasteiger partial charge in [0.25, 0.3) is 0 Å². The van der Waals surface area contributed by atoms with Crippen molar-refractivity contribution >= 4 is 40.1 Å². The molecule has 0 amide bonds. The normalized spacial score (nSPS) is 14.9. The molecule has 0 saturated carbocycles. The van der Waals surface area contributed by atoms with Gasteiger partial charge in [-0.2, -0.15) is 5.10 Å². The molecule has 1 saturated heterocycles. The van der Waals surface area contributed by atoms with Crippen molar-refractivity contribution in [1.82, 2.24) is 30.0 Å². The Kier molecular flexibility index (Phi) is 7.00. The van der Waals surface area contributed by atoms with Gasteiger partial charge in [-0.3, -0.25) is 15.0 Å². The first kappa shape index (κ1) is 25.3. The number of nitrogens with zero attached hydrogens (tertiary/aromatic N) is 6. The van der Waals surface area contributed by atoms with E-state index in [0.29, 0.717) is 40.3 Å². The number of hydrogen-bond donors (Lipinski definition) is 2. The molecule has 37 heavy (non-hydrogen) atoms. The monoisotopic (exact) mass is 526 g/mol. The van der Waals surface area contributed by atoms with Crippen molar-refractivity contribution in [2.24, 2.45) is 0 Å². The topological polar surface area (TPSA) is 85.9 Å².